The summed E-state index contributed by atoms with van der Waals surface area (Å²) in [4.78, 5) is 17.0. The second kappa shape index (κ2) is 10.9. The molecule has 0 saturated heterocycles. The van der Waals surface area contributed by atoms with E-state index >= 15 is 0 Å². The molecule has 1 amide bonds. The van der Waals surface area contributed by atoms with E-state index in [4.69, 9.17) is 0 Å². The van der Waals surface area contributed by atoms with Gasteiger partial charge in [-0.25, -0.2) is 4.98 Å². The van der Waals surface area contributed by atoms with Crippen LogP contribution in [0.4, 0.5) is 13.2 Å². The first-order valence-electron chi connectivity index (χ1n) is 11.7. The van der Waals surface area contributed by atoms with Crippen LogP contribution in [0.1, 0.15) is 59.6 Å². The first kappa shape index (κ1) is 24.0. The standard InChI is InChI=1S/C26H29F3N4O/c27-26(28,29)22-10-6-20(7-11-22)24(17-31-16-19-4-2-1-3-5-19)32-25(34)21-8-12-23(13-9-21)33-15-14-30-18-33/h6-15,18-19,24,31H,1-5,16-17H2,(H,32,34). The third-order valence-electron chi connectivity index (χ3n) is 6.38. The van der Waals surface area contributed by atoms with Gasteiger partial charge in [0.2, 0.25) is 0 Å². The Hall–Kier alpha value is -3.13. The number of imidazole rings is 1. The van der Waals surface area contributed by atoms with E-state index in [1.165, 1.54) is 44.2 Å². The first-order valence-corrected chi connectivity index (χ1v) is 11.7. The van der Waals surface area contributed by atoms with Gasteiger partial charge in [-0.3, -0.25) is 4.79 Å². The average molecular weight is 471 g/mol. The second-order valence-corrected chi connectivity index (χ2v) is 8.82. The highest BCUT2D eigenvalue weighted by Crippen LogP contribution is 2.30. The Morgan fingerprint density at radius 2 is 1.74 bits per heavy atom. The molecule has 1 aromatic heterocycles. The van der Waals surface area contributed by atoms with Gasteiger partial charge in [0.1, 0.15) is 0 Å². The summed E-state index contributed by atoms with van der Waals surface area (Å²) in [6.07, 6.45) is 6.90. The Bertz CT molecular complexity index is 1040. The van der Waals surface area contributed by atoms with Crippen LogP contribution < -0.4 is 10.6 Å². The molecule has 0 aliphatic heterocycles. The highest BCUT2D eigenvalue weighted by molar-refractivity contribution is 5.94. The number of amides is 1. The van der Waals surface area contributed by atoms with Crippen molar-refractivity contribution in [1.29, 1.82) is 0 Å². The molecule has 3 aromatic rings. The number of hydrogen-bond acceptors (Lipinski definition) is 3. The van der Waals surface area contributed by atoms with Crippen molar-refractivity contribution < 1.29 is 18.0 Å². The summed E-state index contributed by atoms with van der Waals surface area (Å²) in [5.41, 5.74) is 1.29. The van der Waals surface area contributed by atoms with Crippen LogP contribution in [0, 0.1) is 5.92 Å². The topological polar surface area (TPSA) is 59.0 Å². The second-order valence-electron chi connectivity index (χ2n) is 8.82. The molecule has 5 nitrogen and oxygen atoms in total. The molecule has 1 unspecified atom stereocenters. The fourth-order valence-corrected chi connectivity index (χ4v) is 4.42. The van der Waals surface area contributed by atoms with Crippen LogP contribution in [0.2, 0.25) is 0 Å². The SMILES string of the molecule is O=C(NC(CNCC1CCCCC1)c1ccc(C(F)(F)F)cc1)c1ccc(-n2ccnc2)cc1. The van der Waals surface area contributed by atoms with Crippen LogP contribution in [0.5, 0.6) is 0 Å². The van der Waals surface area contributed by atoms with Gasteiger partial charge in [-0.1, -0.05) is 31.4 Å². The van der Waals surface area contributed by atoms with Crippen LogP contribution in [-0.2, 0) is 6.18 Å². The minimum Gasteiger partial charge on any atom is -0.344 e. The van der Waals surface area contributed by atoms with Gasteiger partial charge in [0.15, 0.2) is 0 Å². The zero-order valence-electron chi connectivity index (χ0n) is 18.9. The maximum atomic E-state index is 13.0. The third-order valence-corrected chi connectivity index (χ3v) is 6.38. The van der Waals surface area contributed by atoms with E-state index in [1.54, 1.807) is 24.7 Å². The van der Waals surface area contributed by atoms with Crippen molar-refractivity contribution in [2.24, 2.45) is 5.92 Å². The van der Waals surface area contributed by atoms with E-state index in [9.17, 15) is 18.0 Å². The molecule has 1 atom stereocenters. The van der Waals surface area contributed by atoms with Crippen molar-refractivity contribution >= 4 is 5.91 Å². The van der Waals surface area contributed by atoms with Gasteiger partial charge >= 0.3 is 6.18 Å². The molecule has 2 aromatic carbocycles. The molecule has 8 heteroatoms. The summed E-state index contributed by atoms with van der Waals surface area (Å²) >= 11 is 0. The Labute approximate surface area is 197 Å². The molecule has 1 heterocycles. The molecule has 0 bridgehead atoms. The maximum Gasteiger partial charge on any atom is 0.416 e. The summed E-state index contributed by atoms with van der Waals surface area (Å²) in [5.74, 6) is 0.329. The Morgan fingerprint density at radius 3 is 2.35 bits per heavy atom. The summed E-state index contributed by atoms with van der Waals surface area (Å²) in [7, 11) is 0. The van der Waals surface area contributed by atoms with E-state index in [0.717, 1.165) is 24.4 Å². The van der Waals surface area contributed by atoms with Gasteiger partial charge < -0.3 is 15.2 Å². The number of rotatable bonds is 8. The normalized spacial score (nSPS) is 15.7. The molecule has 1 aliphatic rings. The molecule has 4 rings (SSSR count). The monoisotopic (exact) mass is 470 g/mol. The van der Waals surface area contributed by atoms with Crippen LogP contribution in [0.15, 0.2) is 67.3 Å². The van der Waals surface area contributed by atoms with Gasteiger partial charge in [0.25, 0.3) is 5.91 Å². The first-order chi connectivity index (χ1) is 16.4. The number of hydrogen-bond donors (Lipinski definition) is 2. The summed E-state index contributed by atoms with van der Waals surface area (Å²) in [6, 6.07) is 11.7. The lowest BCUT2D eigenvalue weighted by molar-refractivity contribution is -0.137. The van der Waals surface area contributed by atoms with Crippen LogP contribution in [0.25, 0.3) is 5.69 Å². The molecule has 1 fully saturated rings. The third kappa shape index (κ3) is 6.26. The summed E-state index contributed by atoms with van der Waals surface area (Å²) in [6.45, 7) is 1.29. The van der Waals surface area contributed by atoms with Crippen molar-refractivity contribution in [1.82, 2.24) is 20.2 Å². The van der Waals surface area contributed by atoms with Crippen molar-refractivity contribution in [3.63, 3.8) is 0 Å². The molecule has 180 valence electrons. The van der Waals surface area contributed by atoms with Gasteiger partial charge in [0, 0.05) is 30.2 Å². The van der Waals surface area contributed by atoms with E-state index in [2.05, 4.69) is 15.6 Å². The summed E-state index contributed by atoms with van der Waals surface area (Å²) < 4.78 is 40.9. The van der Waals surface area contributed by atoms with E-state index in [0.29, 0.717) is 23.6 Å². The number of benzene rings is 2. The lowest BCUT2D eigenvalue weighted by Gasteiger charge is -2.25. The smallest absolute Gasteiger partial charge is 0.344 e. The Balaban J connectivity index is 1.45. The van der Waals surface area contributed by atoms with Gasteiger partial charge in [0.05, 0.1) is 17.9 Å². The lowest BCUT2D eigenvalue weighted by atomic mass is 9.89. The number of aromatic nitrogens is 2. The van der Waals surface area contributed by atoms with Crippen LogP contribution in [0.3, 0.4) is 0 Å². The van der Waals surface area contributed by atoms with Crippen molar-refractivity contribution in [2.75, 3.05) is 13.1 Å². The number of alkyl halides is 3. The predicted molar refractivity (Wildman–Crippen MR) is 125 cm³/mol. The largest absolute Gasteiger partial charge is 0.416 e. The van der Waals surface area contributed by atoms with Gasteiger partial charge in [-0.05, 0) is 67.3 Å². The highest BCUT2D eigenvalue weighted by Gasteiger charge is 2.30. The maximum absolute atomic E-state index is 13.0. The van der Waals surface area contributed by atoms with Gasteiger partial charge in [-0.15, -0.1) is 0 Å². The van der Waals surface area contributed by atoms with E-state index < -0.39 is 17.8 Å². The highest BCUT2D eigenvalue weighted by atomic mass is 19.4. The number of carbonyl (C=O) groups excluding carboxylic acids is 1. The molecule has 1 aliphatic carbocycles. The molecule has 2 N–H and O–H groups in total. The predicted octanol–water partition coefficient (Wildman–Crippen LogP) is 5.53. The lowest BCUT2D eigenvalue weighted by Crippen LogP contribution is -2.37. The Kier molecular flexibility index (Phi) is 7.67. The Morgan fingerprint density at radius 1 is 1.03 bits per heavy atom. The van der Waals surface area contributed by atoms with Crippen molar-refractivity contribution in [3.05, 3.63) is 83.9 Å². The molecular formula is C26H29F3N4O. The number of halogens is 3. The zero-order chi connectivity index (χ0) is 24.0. The minimum atomic E-state index is -4.40. The van der Waals surface area contributed by atoms with Crippen molar-refractivity contribution in [2.45, 2.75) is 44.3 Å². The van der Waals surface area contributed by atoms with Gasteiger partial charge in [-0.2, -0.15) is 13.2 Å². The van der Waals surface area contributed by atoms with Crippen LogP contribution >= 0.6 is 0 Å². The van der Waals surface area contributed by atoms with Crippen molar-refractivity contribution in [3.8, 4) is 5.69 Å². The molecule has 34 heavy (non-hydrogen) atoms. The zero-order valence-corrected chi connectivity index (χ0v) is 18.9. The quantitative estimate of drug-likeness (QED) is 0.455. The number of nitrogens with zero attached hydrogens (tertiary/aromatic N) is 2. The average Bonchev–Trinajstić information content (AvgIpc) is 3.39. The van der Waals surface area contributed by atoms with Crippen LogP contribution in [-0.4, -0.2) is 28.5 Å². The molecule has 1 saturated carbocycles. The number of nitrogens with one attached hydrogen (secondary N) is 2. The van der Waals surface area contributed by atoms with E-state index in [1.807, 2.05) is 22.9 Å². The minimum absolute atomic E-state index is 0.276. The summed E-state index contributed by atoms with van der Waals surface area (Å²) in [5, 5.41) is 6.43. The molecule has 0 spiro atoms. The number of carbonyl (C=O) groups is 1. The molecule has 0 radical (unpaired) electrons. The fourth-order valence-electron chi connectivity index (χ4n) is 4.42. The molecular weight excluding hydrogens is 441 g/mol. The van der Waals surface area contributed by atoms with E-state index in [-0.39, 0.29) is 5.91 Å². The fraction of sp³-hybridized carbons (Fsp3) is 0.385.